The molecule has 0 amide bonds. The highest BCUT2D eigenvalue weighted by molar-refractivity contribution is 6.14. The van der Waals surface area contributed by atoms with Crippen molar-refractivity contribution in [3.63, 3.8) is 0 Å². The Morgan fingerprint density at radius 2 is 1.41 bits per heavy atom. The van der Waals surface area contributed by atoms with E-state index in [0.717, 1.165) is 35.1 Å². The number of benzene rings is 2. The van der Waals surface area contributed by atoms with Crippen LogP contribution in [0.2, 0.25) is 0 Å². The second-order valence-electron chi connectivity index (χ2n) is 5.86. The maximum Gasteiger partial charge on any atom is 0.185 e. The molecule has 2 aromatic rings. The van der Waals surface area contributed by atoms with Gasteiger partial charge in [-0.2, -0.15) is 0 Å². The standard InChI is InChI=1S/C21H20O/c1-16-12-13-19(14-17-8-4-2-5-9-17)21(22)20(16)15-18-10-6-3-7-11-18/h2-11,14-16H,12-13H2,1H3/b19-14-,20-15+/t16-/m1/s1. The van der Waals surface area contributed by atoms with E-state index in [2.05, 4.69) is 6.92 Å². The number of Topliss-reactive ketones (excluding diaryl/α,β-unsaturated/α-hetero) is 1. The molecule has 0 N–H and O–H groups in total. The highest BCUT2D eigenvalue weighted by Gasteiger charge is 2.26. The van der Waals surface area contributed by atoms with Crippen molar-refractivity contribution < 1.29 is 4.79 Å². The van der Waals surface area contributed by atoms with Gasteiger partial charge in [-0.3, -0.25) is 4.79 Å². The molecule has 1 saturated carbocycles. The monoisotopic (exact) mass is 288 g/mol. The van der Waals surface area contributed by atoms with Crippen molar-refractivity contribution in [3.8, 4) is 0 Å². The molecule has 2 aromatic carbocycles. The van der Waals surface area contributed by atoms with Crippen LogP contribution in [0.1, 0.15) is 30.9 Å². The Bertz CT molecular complexity index is 708. The minimum absolute atomic E-state index is 0.200. The van der Waals surface area contributed by atoms with Crippen molar-refractivity contribution in [1.29, 1.82) is 0 Å². The Hall–Kier alpha value is -2.41. The molecule has 3 rings (SSSR count). The van der Waals surface area contributed by atoms with Crippen LogP contribution in [0, 0.1) is 5.92 Å². The van der Waals surface area contributed by atoms with Gasteiger partial charge in [-0.25, -0.2) is 0 Å². The van der Waals surface area contributed by atoms with E-state index in [1.54, 1.807) is 0 Å². The molecule has 1 fully saturated rings. The molecular weight excluding hydrogens is 268 g/mol. The molecule has 22 heavy (non-hydrogen) atoms. The van der Waals surface area contributed by atoms with Gasteiger partial charge >= 0.3 is 0 Å². The summed E-state index contributed by atoms with van der Waals surface area (Å²) in [7, 11) is 0. The quantitative estimate of drug-likeness (QED) is 0.698. The van der Waals surface area contributed by atoms with E-state index >= 15 is 0 Å². The highest BCUT2D eigenvalue weighted by Crippen LogP contribution is 2.32. The number of rotatable bonds is 2. The summed E-state index contributed by atoms with van der Waals surface area (Å²) < 4.78 is 0. The topological polar surface area (TPSA) is 17.1 Å². The Morgan fingerprint density at radius 1 is 0.864 bits per heavy atom. The van der Waals surface area contributed by atoms with Crippen LogP contribution in [-0.2, 0) is 4.79 Å². The number of allylic oxidation sites excluding steroid dienone is 2. The predicted octanol–water partition coefficient (Wildman–Crippen LogP) is 5.15. The van der Waals surface area contributed by atoms with Crippen LogP contribution < -0.4 is 0 Å². The van der Waals surface area contributed by atoms with Crippen molar-refractivity contribution in [1.82, 2.24) is 0 Å². The average Bonchev–Trinajstić information content (AvgIpc) is 2.56. The first-order chi connectivity index (χ1) is 10.7. The van der Waals surface area contributed by atoms with Crippen molar-refractivity contribution in [2.45, 2.75) is 19.8 Å². The van der Waals surface area contributed by atoms with Crippen LogP contribution in [-0.4, -0.2) is 5.78 Å². The second kappa shape index (κ2) is 6.57. The summed E-state index contributed by atoms with van der Waals surface area (Å²) in [6.45, 7) is 2.14. The summed E-state index contributed by atoms with van der Waals surface area (Å²) in [4.78, 5) is 12.8. The van der Waals surface area contributed by atoms with Gasteiger partial charge in [0.15, 0.2) is 5.78 Å². The molecule has 0 saturated heterocycles. The third-order valence-corrected chi connectivity index (χ3v) is 4.19. The molecule has 1 atom stereocenters. The van der Waals surface area contributed by atoms with Crippen LogP contribution in [0.15, 0.2) is 71.8 Å². The largest absolute Gasteiger partial charge is 0.289 e. The Morgan fingerprint density at radius 3 is 2.00 bits per heavy atom. The third-order valence-electron chi connectivity index (χ3n) is 4.19. The summed E-state index contributed by atoms with van der Waals surface area (Å²) in [5.41, 5.74) is 4.05. The second-order valence-corrected chi connectivity index (χ2v) is 5.86. The first kappa shape index (κ1) is 14.5. The fraction of sp³-hybridized carbons (Fsp3) is 0.190. The lowest BCUT2D eigenvalue weighted by molar-refractivity contribution is -0.113. The molecule has 0 aliphatic heterocycles. The Balaban J connectivity index is 1.93. The summed E-state index contributed by atoms with van der Waals surface area (Å²) in [5.74, 6) is 0.520. The minimum atomic E-state index is 0.200. The van der Waals surface area contributed by atoms with E-state index in [0.29, 0.717) is 5.92 Å². The number of carbonyl (C=O) groups excluding carboxylic acids is 1. The molecule has 0 bridgehead atoms. The van der Waals surface area contributed by atoms with Crippen LogP contribution >= 0.6 is 0 Å². The van der Waals surface area contributed by atoms with Gasteiger partial charge in [0, 0.05) is 11.1 Å². The van der Waals surface area contributed by atoms with Crippen LogP contribution in [0.4, 0.5) is 0 Å². The fourth-order valence-electron chi connectivity index (χ4n) is 2.88. The third kappa shape index (κ3) is 3.25. The van der Waals surface area contributed by atoms with Gasteiger partial charge in [-0.1, -0.05) is 67.6 Å². The lowest BCUT2D eigenvalue weighted by Gasteiger charge is -2.23. The van der Waals surface area contributed by atoms with Gasteiger partial charge in [-0.05, 0) is 42.0 Å². The molecule has 1 aliphatic carbocycles. The molecule has 0 aromatic heterocycles. The summed E-state index contributed by atoms with van der Waals surface area (Å²) in [6.07, 6.45) is 5.97. The zero-order chi connectivity index (χ0) is 15.4. The van der Waals surface area contributed by atoms with Crippen LogP contribution in [0.5, 0.6) is 0 Å². The SMILES string of the molecule is C[C@@H]1CC/C(=C/c2ccccc2)C(=O)/C1=C/c1ccccc1. The van der Waals surface area contributed by atoms with E-state index in [9.17, 15) is 4.79 Å². The molecule has 1 heteroatoms. The van der Waals surface area contributed by atoms with Gasteiger partial charge < -0.3 is 0 Å². The van der Waals surface area contributed by atoms with Gasteiger partial charge in [-0.15, -0.1) is 0 Å². The number of ketones is 1. The van der Waals surface area contributed by atoms with E-state index in [1.165, 1.54) is 0 Å². The van der Waals surface area contributed by atoms with Crippen LogP contribution in [0.25, 0.3) is 12.2 Å². The lowest BCUT2D eigenvalue weighted by Crippen LogP contribution is -2.19. The molecule has 1 nitrogen and oxygen atoms in total. The minimum Gasteiger partial charge on any atom is -0.289 e. The number of hydrogen-bond acceptors (Lipinski definition) is 1. The lowest BCUT2D eigenvalue weighted by atomic mass is 9.80. The molecular formula is C21H20O. The van der Waals surface area contributed by atoms with Gasteiger partial charge in [0.25, 0.3) is 0 Å². The average molecular weight is 288 g/mol. The van der Waals surface area contributed by atoms with Crippen molar-refractivity contribution in [2.24, 2.45) is 5.92 Å². The summed E-state index contributed by atoms with van der Waals surface area (Å²) >= 11 is 0. The molecule has 0 unspecified atom stereocenters. The number of carbonyl (C=O) groups is 1. The molecule has 110 valence electrons. The predicted molar refractivity (Wildman–Crippen MR) is 92.2 cm³/mol. The highest BCUT2D eigenvalue weighted by atomic mass is 16.1. The van der Waals surface area contributed by atoms with Crippen LogP contribution in [0.3, 0.4) is 0 Å². The summed E-state index contributed by atoms with van der Waals surface area (Å²) in [5, 5.41) is 0. The maximum atomic E-state index is 12.8. The van der Waals surface area contributed by atoms with Crippen molar-refractivity contribution in [3.05, 3.63) is 82.9 Å². The molecule has 0 heterocycles. The van der Waals surface area contributed by atoms with Crippen molar-refractivity contribution >= 4 is 17.9 Å². The van der Waals surface area contributed by atoms with Crippen molar-refractivity contribution in [2.75, 3.05) is 0 Å². The van der Waals surface area contributed by atoms with E-state index in [-0.39, 0.29) is 5.78 Å². The molecule has 1 aliphatic rings. The fourth-order valence-corrected chi connectivity index (χ4v) is 2.88. The first-order valence-corrected chi connectivity index (χ1v) is 7.81. The Labute approximate surface area is 132 Å². The summed E-state index contributed by atoms with van der Waals surface area (Å²) in [6, 6.07) is 20.2. The molecule has 0 spiro atoms. The maximum absolute atomic E-state index is 12.8. The first-order valence-electron chi connectivity index (χ1n) is 7.81. The smallest absolute Gasteiger partial charge is 0.185 e. The normalized spacial score (nSPS) is 22.2. The van der Waals surface area contributed by atoms with E-state index < -0.39 is 0 Å². The van der Waals surface area contributed by atoms with E-state index in [1.807, 2.05) is 72.8 Å². The number of hydrogen-bond donors (Lipinski definition) is 0. The Kier molecular flexibility index (Phi) is 4.34. The molecule has 0 radical (unpaired) electrons. The van der Waals surface area contributed by atoms with Gasteiger partial charge in [0.2, 0.25) is 0 Å². The zero-order valence-electron chi connectivity index (χ0n) is 12.8. The van der Waals surface area contributed by atoms with Gasteiger partial charge in [0.05, 0.1) is 0 Å². The van der Waals surface area contributed by atoms with E-state index in [4.69, 9.17) is 0 Å². The van der Waals surface area contributed by atoms with Gasteiger partial charge in [0.1, 0.15) is 0 Å². The zero-order valence-corrected chi connectivity index (χ0v) is 12.8.